The van der Waals surface area contributed by atoms with Crippen LogP contribution in [0.3, 0.4) is 0 Å². The zero-order valence-corrected chi connectivity index (χ0v) is 11.3. The van der Waals surface area contributed by atoms with E-state index in [1.165, 1.54) is 6.20 Å². The van der Waals surface area contributed by atoms with Crippen LogP contribution in [0.2, 0.25) is 5.02 Å². The lowest BCUT2D eigenvalue weighted by Gasteiger charge is -2.14. The van der Waals surface area contributed by atoms with Crippen molar-refractivity contribution in [3.8, 4) is 6.07 Å². The second-order valence-electron chi connectivity index (χ2n) is 3.78. The highest BCUT2D eigenvalue weighted by Gasteiger charge is 2.08. The molecule has 0 amide bonds. The van der Waals surface area contributed by atoms with E-state index in [0.29, 0.717) is 22.2 Å². The van der Waals surface area contributed by atoms with Crippen molar-refractivity contribution in [2.45, 2.75) is 19.4 Å². The second-order valence-corrected chi connectivity index (χ2v) is 5.74. The molecule has 92 valence electrons. The van der Waals surface area contributed by atoms with Gasteiger partial charge in [0, 0.05) is 35.0 Å². The Labute approximate surface area is 108 Å². The van der Waals surface area contributed by atoms with Gasteiger partial charge in [-0.05, 0) is 19.4 Å². The molecule has 1 N–H and O–H groups in total. The zero-order valence-electron chi connectivity index (χ0n) is 9.74. The molecule has 6 heteroatoms. The summed E-state index contributed by atoms with van der Waals surface area (Å²) < 4.78 is 11.0. The highest BCUT2D eigenvalue weighted by molar-refractivity contribution is 7.84. The number of halogens is 1. The van der Waals surface area contributed by atoms with E-state index in [2.05, 4.69) is 10.3 Å². The summed E-state index contributed by atoms with van der Waals surface area (Å²) in [5.41, 5.74) is 0.433. The first kappa shape index (κ1) is 13.9. The highest BCUT2D eigenvalue weighted by Crippen LogP contribution is 2.20. The fourth-order valence-corrected chi connectivity index (χ4v) is 2.16. The summed E-state index contributed by atoms with van der Waals surface area (Å²) in [4.78, 5) is 4.07. The fourth-order valence-electron chi connectivity index (χ4n) is 1.25. The highest BCUT2D eigenvalue weighted by atomic mass is 35.5. The monoisotopic (exact) mass is 271 g/mol. The van der Waals surface area contributed by atoms with Crippen molar-refractivity contribution in [3.05, 3.63) is 22.8 Å². The van der Waals surface area contributed by atoms with Gasteiger partial charge in [-0.3, -0.25) is 4.21 Å². The van der Waals surface area contributed by atoms with Crippen molar-refractivity contribution in [1.82, 2.24) is 4.98 Å². The Morgan fingerprint density at radius 2 is 2.41 bits per heavy atom. The molecule has 0 aliphatic rings. The second kappa shape index (κ2) is 6.58. The average Bonchev–Trinajstić information content (AvgIpc) is 2.29. The number of rotatable bonds is 5. The quantitative estimate of drug-likeness (QED) is 0.891. The van der Waals surface area contributed by atoms with Gasteiger partial charge in [0.15, 0.2) is 0 Å². The van der Waals surface area contributed by atoms with Crippen molar-refractivity contribution in [1.29, 1.82) is 5.26 Å². The number of hydrogen-bond donors (Lipinski definition) is 1. The van der Waals surface area contributed by atoms with Gasteiger partial charge in [0.1, 0.15) is 11.9 Å². The molecule has 4 nitrogen and oxygen atoms in total. The number of nitrogens with one attached hydrogen (secondary N) is 1. The third kappa shape index (κ3) is 4.72. The summed E-state index contributed by atoms with van der Waals surface area (Å²) in [5, 5.41) is 12.2. The molecule has 1 heterocycles. The van der Waals surface area contributed by atoms with Crippen LogP contribution in [0.5, 0.6) is 0 Å². The lowest BCUT2D eigenvalue weighted by molar-refractivity contribution is 0.678. The first-order chi connectivity index (χ1) is 8.02. The molecule has 17 heavy (non-hydrogen) atoms. The van der Waals surface area contributed by atoms with E-state index in [4.69, 9.17) is 16.9 Å². The number of aromatic nitrogens is 1. The molecule has 0 unspecified atom stereocenters. The molecule has 0 radical (unpaired) electrons. The lowest BCUT2D eigenvalue weighted by Crippen LogP contribution is -2.18. The smallest absolute Gasteiger partial charge is 0.145 e. The molecule has 0 aromatic carbocycles. The molecule has 0 aliphatic heterocycles. The minimum absolute atomic E-state index is 0.136. The topological polar surface area (TPSA) is 65.8 Å². The number of pyridine rings is 1. The number of hydrogen-bond acceptors (Lipinski definition) is 4. The third-order valence-electron chi connectivity index (χ3n) is 2.19. The molecule has 1 aromatic heterocycles. The van der Waals surface area contributed by atoms with Gasteiger partial charge in [-0.15, -0.1) is 0 Å². The summed E-state index contributed by atoms with van der Waals surface area (Å²) in [7, 11) is -0.791. The molecule has 0 saturated heterocycles. The minimum Gasteiger partial charge on any atom is -0.366 e. The van der Waals surface area contributed by atoms with E-state index in [-0.39, 0.29) is 6.04 Å². The number of nitriles is 1. The van der Waals surface area contributed by atoms with E-state index in [1.54, 1.807) is 12.3 Å². The summed E-state index contributed by atoms with van der Waals surface area (Å²) in [5.74, 6) is 1.20. The summed E-state index contributed by atoms with van der Waals surface area (Å²) in [6.07, 6.45) is 3.93. The molecular weight excluding hydrogens is 258 g/mol. The van der Waals surface area contributed by atoms with E-state index in [1.807, 2.05) is 13.0 Å². The molecule has 1 rings (SSSR count). The summed E-state index contributed by atoms with van der Waals surface area (Å²) in [6.45, 7) is 1.98. The lowest BCUT2D eigenvalue weighted by atomic mass is 10.2. The number of anilines is 1. The van der Waals surface area contributed by atoms with Gasteiger partial charge in [-0.1, -0.05) is 11.6 Å². The van der Waals surface area contributed by atoms with Crippen molar-refractivity contribution in [3.63, 3.8) is 0 Å². The van der Waals surface area contributed by atoms with Gasteiger partial charge in [0.05, 0.1) is 10.6 Å². The average molecular weight is 272 g/mol. The molecular formula is C11H14ClN3OS. The van der Waals surface area contributed by atoms with Crippen LogP contribution < -0.4 is 5.32 Å². The normalized spacial score (nSPS) is 13.8. The van der Waals surface area contributed by atoms with Crippen molar-refractivity contribution in [2.24, 2.45) is 0 Å². The van der Waals surface area contributed by atoms with E-state index < -0.39 is 10.8 Å². The van der Waals surface area contributed by atoms with Crippen molar-refractivity contribution < 1.29 is 4.21 Å². The van der Waals surface area contributed by atoms with Crippen LogP contribution in [-0.4, -0.2) is 27.2 Å². The van der Waals surface area contributed by atoms with Gasteiger partial charge in [0.2, 0.25) is 0 Å². The van der Waals surface area contributed by atoms with Crippen LogP contribution in [0.4, 0.5) is 5.82 Å². The van der Waals surface area contributed by atoms with Crippen LogP contribution in [0.15, 0.2) is 12.3 Å². The van der Waals surface area contributed by atoms with Gasteiger partial charge >= 0.3 is 0 Å². The van der Waals surface area contributed by atoms with Crippen LogP contribution in [-0.2, 0) is 10.8 Å². The Bertz CT molecular complexity index is 459. The largest absolute Gasteiger partial charge is 0.366 e. The minimum atomic E-state index is -0.791. The van der Waals surface area contributed by atoms with Gasteiger partial charge in [-0.2, -0.15) is 5.26 Å². The maximum atomic E-state index is 11.0. The first-order valence-electron chi connectivity index (χ1n) is 5.15. The number of nitrogens with zero attached hydrogens (tertiary/aromatic N) is 2. The van der Waals surface area contributed by atoms with Gasteiger partial charge < -0.3 is 5.32 Å². The van der Waals surface area contributed by atoms with E-state index in [0.717, 1.165) is 6.42 Å². The summed E-state index contributed by atoms with van der Waals surface area (Å²) in [6, 6.07) is 3.68. The van der Waals surface area contributed by atoms with Gasteiger partial charge in [0.25, 0.3) is 0 Å². The predicted molar refractivity (Wildman–Crippen MR) is 70.6 cm³/mol. The fraction of sp³-hybridized carbons (Fsp3) is 0.455. The Morgan fingerprint density at radius 1 is 1.71 bits per heavy atom. The molecule has 2 atom stereocenters. The molecule has 0 aliphatic carbocycles. The maximum absolute atomic E-state index is 11.0. The Balaban J connectivity index is 2.62. The Hall–Kier alpha value is -1.12. The first-order valence-corrected chi connectivity index (χ1v) is 7.25. The molecule has 0 fully saturated rings. The Morgan fingerprint density at radius 3 is 2.94 bits per heavy atom. The van der Waals surface area contributed by atoms with E-state index >= 15 is 0 Å². The van der Waals surface area contributed by atoms with Crippen molar-refractivity contribution >= 4 is 28.2 Å². The molecule has 0 spiro atoms. The molecule has 0 bridgehead atoms. The van der Waals surface area contributed by atoms with Gasteiger partial charge in [-0.25, -0.2) is 4.98 Å². The molecule has 0 saturated carbocycles. The maximum Gasteiger partial charge on any atom is 0.145 e. The third-order valence-corrected chi connectivity index (χ3v) is 3.29. The van der Waals surface area contributed by atoms with Crippen LogP contribution in [0.1, 0.15) is 18.9 Å². The zero-order chi connectivity index (χ0) is 12.8. The van der Waals surface area contributed by atoms with Crippen LogP contribution in [0, 0.1) is 11.3 Å². The van der Waals surface area contributed by atoms with Crippen molar-refractivity contribution in [2.75, 3.05) is 17.3 Å². The SMILES string of the molecule is C[C@H](CC[S@](C)=O)Nc1ncc(C#N)cc1Cl. The Kier molecular flexibility index (Phi) is 5.39. The van der Waals surface area contributed by atoms with Crippen LogP contribution in [0.25, 0.3) is 0 Å². The predicted octanol–water partition coefficient (Wildman–Crippen LogP) is 2.18. The standard InChI is InChI=1S/C11H14ClN3OS/c1-8(3-4-17(2)16)15-11-10(12)5-9(6-13)7-14-11/h5,7-8H,3-4H2,1-2H3,(H,14,15)/t8-,17+/m1/s1. The van der Waals surface area contributed by atoms with Crippen LogP contribution >= 0.6 is 11.6 Å². The summed E-state index contributed by atoms with van der Waals surface area (Å²) >= 11 is 5.98. The molecule has 1 aromatic rings. The van der Waals surface area contributed by atoms with E-state index in [9.17, 15) is 4.21 Å².